The molecule has 3 N–H and O–H groups in total. The Morgan fingerprint density at radius 3 is 2.15 bits per heavy atom. The van der Waals surface area contributed by atoms with Gasteiger partial charge in [0.1, 0.15) is 5.75 Å². The second-order valence-corrected chi connectivity index (χ2v) is 16.5. The van der Waals surface area contributed by atoms with E-state index >= 15 is 0 Å². The second-order valence-electron chi connectivity index (χ2n) is 12.5. The van der Waals surface area contributed by atoms with Crippen molar-refractivity contribution in [2.45, 2.75) is 63.5 Å². The summed E-state index contributed by atoms with van der Waals surface area (Å²) >= 11 is 0. The van der Waals surface area contributed by atoms with Crippen LogP contribution in [0.3, 0.4) is 0 Å². The second kappa shape index (κ2) is 11.6. The first kappa shape index (κ1) is 28.1. The molecule has 5 heteroatoms. The Bertz CT molecular complexity index is 1190. The maximum Gasteiger partial charge on any atom is 0.258 e. The Morgan fingerprint density at radius 2 is 1.56 bits per heavy atom. The van der Waals surface area contributed by atoms with Gasteiger partial charge in [-0.25, -0.2) is 0 Å². The van der Waals surface area contributed by atoms with Gasteiger partial charge in [-0.1, -0.05) is 86.6 Å². The molecule has 3 aromatic carbocycles. The predicted octanol–water partition coefficient (Wildman–Crippen LogP) is 4.72. The van der Waals surface area contributed by atoms with Crippen LogP contribution in [0.1, 0.15) is 50.7 Å². The number of aliphatic hydroxyl groups is 2. The highest BCUT2D eigenvalue weighted by atomic mass is 28.4. The molecular weight excluding hydrogens is 500 g/mol. The van der Waals surface area contributed by atoms with Crippen molar-refractivity contribution in [3.8, 4) is 5.75 Å². The third-order valence-corrected chi connectivity index (χ3v) is 14.4. The summed E-state index contributed by atoms with van der Waals surface area (Å²) in [6, 6.07) is 27.1. The standard InChI is InChI=1S/C34H44O4Si/c1-34(2,39(37,28-12-6-4-7-13-28)29-14-8-5-9-15-29)22-26-19-25-21-32-24(11-10-16-33(32)38-3)20-31(25)30(26)18-17-27(36)23-35/h4-16,25-27,30-31,35-37H,17-23H2,1-3H3/t25-,26+,27-,30+,31+/m1/s1. The van der Waals surface area contributed by atoms with Crippen molar-refractivity contribution < 1.29 is 19.7 Å². The maximum absolute atomic E-state index is 12.8. The molecule has 4 nitrogen and oxygen atoms in total. The van der Waals surface area contributed by atoms with E-state index in [1.807, 2.05) is 36.4 Å². The summed E-state index contributed by atoms with van der Waals surface area (Å²) in [5.41, 5.74) is 2.75. The van der Waals surface area contributed by atoms with E-state index in [0.29, 0.717) is 30.1 Å². The zero-order valence-corrected chi connectivity index (χ0v) is 24.6. The van der Waals surface area contributed by atoms with Gasteiger partial charge in [-0.3, -0.25) is 0 Å². The van der Waals surface area contributed by atoms with Crippen LogP contribution in [0.2, 0.25) is 5.04 Å². The van der Waals surface area contributed by atoms with Crippen molar-refractivity contribution in [1.29, 1.82) is 0 Å². The van der Waals surface area contributed by atoms with Crippen molar-refractivity contribution in [2.75, 3.05) is 13.7 Å². The molecule has 0 amide bonds. The highest BCUT2D eigenvalue weighted by Crippen LogP contribution is 2.56. The molecule has 0 radical (unpaired) electrons. The smallest absolute Gasteiger partial charge is 0.258 e. The summed E-state index contributed by atoms with van der Waals surface area (Å²) in [6.45, 7) is 4.36. The molecule has 5 atom stereocenters. The van der Waals surface area contributed by atoms with Crippen LogP contribution in [-0.2, 0) is 12.8 Å². The minimum Gasteiger partial charge on any atom is -0.496 e. The third-order valence-electron chi connectivity index (χ3n) is 9.92. The molecule has 1 saturated carbocycles. The fraction of sp³-hybridized carbons (Fsp3) is 0.471. The Morgan fingerprint density at radius 1 is 0.923 bits per heavy atom. The van der Waals surface area contributed by atoms with Crippen LogP contribution in [0.15, 0.2) is 78.9 Å². The normalized spacial score (nSPS) is 23.6. The highest BCUT2D eigenvalue weighted by molar-refractivity contribution is 6.98. The van der Waals surface area contributed by atoms with Crippen LogP contribution in [0.25, 0.3) is 0 Å². The van der Waals surface area contributed by atoms with E-state index in [-0.39, 0.29) is 11.6 Å². The van der Waals surface area contributed by atoms with Crippen molar-refractivity contribution in [1.82, 2.24) is 0 Å². The van der Waals surface area contributed by atoms with Crippen LogP contribution in [-0.4, -0.2) is 43.1 Å². The Balaban J connectivity index is 1.49. The van der Waals surface area contributed by atoms with Crippen molar-refractivity contribution >= 4 is 18.7 Å². The van der Waals surface area contributed by atoms with E-state index < -0.39 is 14.4 Å². The van der Waals surface area contributed by atoms with Crippen LogP contribution < -0.4 is 15.1 Å². The molecule has 0 spiro atoms. The number of hydrogen-bond acceptors (Lipinski definition) is 4. The molecule has 1 fully saturated rings. The van der Waals surface area contributed by atoms with E-state index in [1.54, 1.807) is 7.11 Å². The topological polar surface area (TPSA) is 69.9 Å². The van der Waals surface area contributed by atoms with Gasteiger partial charge in [0, 0.05) is 0 Å². The van der Waals surface area contributed by atoms with Gasteiger partial charge in [0.15, 0.2) is 0 Å². The van der Waals surface area contributed by atoms with E-state index in [1.165, 1.54) is 11.1 Å². The molecular formula is C34H44O4Si. The lowest BCUT2D eigenvalue weighted by Crippen LogP contribution is -2.65. The largest absolute Gasteiger partial charge is 0.496 e. The summed E-state index contributed by atoms with van der Waals surface area (Å²) < 4.78 is 5.74. The first-order chi connectivity index (χ1) is 18.8. The molecule has 39 heavy (non-hydrogen) atoms. The number of rotatable bonds is 10. The lowest BCUT2D eigenvalue weighted by Gasteiger charge is -2.44. The van der Waals surface area contributed by atoms with Crippen LogP contribution in [0.5, 0.6) is 5.75 Å². The van der Waals surface area contributed by atoms with Crippen molar-refractivity contribution in [2.24, 2.45) is 23.7 Å². The van der Waals surface area contributed by atoms with Crippen molar-refractivity contribution in [3.05, 3.63) is 90.0 Å². The molecule has 2 aliphatic carbocycles. The van der Waals surface area contributed by atoms with Gasteiger partial charge >= 0.3 is 0 Å². The molecule has 0 aromatic heterocycles. The Kier molecular flexibility index (Phi) is 8.34. The van der Waals surface area contributed by atoms with Crippen LogP contribution in [0, 0.1) is 23.7 Å². The first-order valence-corrected chi connectivity index (χ1v) is 16.5. The van der Waals surface area contributed by atoms with Gasteiger partial charge < -0.3 is 19.7 Å². The molecule has 0 heterocycles. The lowest BCUT2D eigenvalue weighted by molar-refractivity contribution is 0.0758. The van der Waals surface area contributed by atoms with Gasteiger partial charge in [-0.15, -0.1) is 0 Å². The summed E-state index contributed by atoms with van der Waals surface area (Å²) in [5.74, 6) is 2.98. The minimum atomic E-state index is -3.11. The highest BCUT2D eigenvalue weighted by Gasteiger charge is 2.54. The van der Waals surface area contributed by atoms with E-state index in [2.05, 4.69) is 56.3 Å². The summed E-state index contributed by atoms with van der Waals surface area (Å²) in [6.07, 6.45) is 4.96. The van der Waals surface area contributed by atoms with Gasteiger partial charge in [-0.2, -0.15) is 0 Å². The number of aliphatic hydroxyl groups excluding tert-OH is 2. The zero-order valence-electron chi connectivity index (χ0n) is 23.6. The SMILES string of the molecule is COc1cccc2c1C[C@H]1C[C@@H](CC(C)(C)[Si](O)(c3ccccc3)c3ccccc3)[C@H](CC[C@@H](O)CO)[C@H]1C2. The lowest BCUT2D eigenvalue weighted by atomic mass is 9.72. The Labute approximate surface area is 234 Å². The summed E-state index contributed by atoms with van der Waals surface area (Å²) in [5, 5.41) is 21.6. The number of fused-ring (bicyclic) bond motifs is 2. The fourth-order valence-electron chi connectivity index (χ4n) is 8.00. The third kappa shape index (κ3) is 5.34. The van der Waals surface area contributed by atoms with Gasteiger partial charge in [0.05, 0.1) is 19.8 Å². The number of hydrogen-bond donors (Lipinski definition) is 3. The molecule has 0 unspecified atom stereocenters. The fourth-order valence-corrected chi connectivity index (χ4v) is 11.8. The molecule has 0 saturated heterocycles. The monoisotopic (exact) mass is 544 g/mol. The molecule has 5 rings (SSSR count). The van der Waals surface area contributed by atoms with Crippen molar-refractivity contribution in [3.63, 3.8) is 0 Å². The van der Waals surface area contributed by atoms with Gasteiger partial charge in [0.25, 0.3) is 8.32 Å². The molecule has 2 aliphatic rings. The quantitative estimate of drug-likeness (QED) is 0.323. The number of benzene rings is 3. The summed E-state index contributed by atoms with van der Waals surface area (Å²) in [4.78, 5) is 12.8. The van der Waals surface area contributed by atoms with E-state index in [9.17, 15) is 15.0 Å². The number of methoxy groups -OCH3 is 1. The average molecular weight is 545 g/mol. The minimum absolute atomic E-state index is 0.189. The molecule has 208 valence electrons. The van der Waals surface area contributed by atoms with Crippen LogP contribution in [0.4, 0.5) is 0 Å². The average Bonchev–Trinajstić information content (AvgIpc) is 3.29. The summed E-state index contributed by atoms with van der Waals surface area (Å²) in [7, 11) is -1.35. The van der Waals surface area contributed by atoms with Crippen LogP contribution >= 0.6 is 0 Å². The molecule has 3 aromatic rings. The van der Waals surface area contributed by atoms with E-state index in [0.717, 1.165) is 48.2 Å². The Hall–Kier alpha value is -2.44. The number of ether oxygens (including phenoxy) is 1. The molecule has 0 aliphatic heterocycles. The predicted molar refractivity (Wildman–Crippen MR) is 160 cm³/mol. The first-order valence-electron chi connectivity index (χ1n) is 14.6. The van der Waals surface area contributed by atoms with Gasteiger partial charge in [0.2, 0.25) is 0 Å². The molecule has 0 bridgehead atoms. The maximum atomic E-state index is 12.8. The zero-order chi connectivity index (χ0) is 27.6. The van der Waals surface area contributed by atoms with Gasteiger partial charge in [-0.05, 0) is 94.8 Å². The van der Waals surface area contributed by atoms with E-state index in [4.69, 9.17) is 4.74 Å².